The molecule has 5 rings (SSSR count). The Labute approximate surface area is 247 Å². The molecule has 214 valence electrons. The summed E-state index contributed by atoms with van der Waals surface area (Å²) in [5.41, 5.74) is 2.25. The molecule has 1 aliphatic rings. The third kappa shape index (κ3) is 7.63. The summed E-state index contributed by atoms with van der Waals surface area (Å²) in [6.07, 6.45) is 8.73. The molecule has 0 spiro atoms. The summed E-state index contributed by atoms with van der Waals surface area (Å²) in [5.74, 6) is 1.07. The average Bonchev–Trinajstić information content (AvgIpc) is 3.37. The summed E-state index contributed by atoms with van der Waals surface area (Å²) in [5, 5.41) is 0.946. The Morgan fingerprint density at radius 3 is 2.24 bits per heavy atom. The molecule has 1 aromatic heterocycles. The second-order valence-corrected chi connectivity index (χ2v) is 11.8. The number of likely N-dealkylation sites (tertiary alicyclic amines) is 1. The van der Waals surface area contributed by atoms with E-state index in [2.05, 4.69) is 4.90 Å². The molecule has 5 nitrogen and oxygen atoms in total. The zero-order valence-electron chi connectivity index (χ0n) is 23.9. The Bertz CT molecular complexity index is 1430. The Kier molecular flexibility index (Phi) is 10.2. The molecule has 0 unspecified atom stereocenters. The number of carbonyl (C=O) groups excluding carboxylic acids is 2. The first-order chi connectivity index (χ1) is 20.1. The summed E-state index contributed by atoms with van der Waals surface area (Å²) >= 11 is 1.60. The summed E-state index contributed by atoms with van der Waals surface area (Å²) < 4.78 is 12.6. The first kappa shape index (κ1) is 29.0. The Morgan fingerprint density at radius 1 is 0.829 bits per heavy atom. The van der Waals surface area contributed by atoms with E-state index in [9.17, 15) is 9.59 Å². The first-order valence-electron chi connectivity index (χ1n) is 14.9. The second-order valence-electron chi connectivity index (χ2n) is 10.7. The largest absolute Gasteiger partial charge is 0.492 e. The third-order valence-corrected chi connectivity index (χ3v) is 8.87. The minimum Gasteiger partial charge on any atom is -0.492 e. The topological polar surface area (TPSA) is 55.8 Å². The summed E-state index contributed by atoms with van der Waals surface area (Å²) in [6.45, 7) is 5.94. The fourth-order valence-electron chi connectivity index (χ4n) is 5.33. The fourth-order valence-corrected chi connectivity index (χ4v) is 6.53. The maximum Gasteiger partial charge on any atom is 0.311 e. The van der Waals surface area contributed by atoms with E-state index >= 15 is 0 Å². The van der Waals surface area contributed by atoms with Crippen molar-refractivity contribution in [3.05, 3.63) is 83.9 Å². The molecule has 0 aliphatic carbocycles. The highest BCUT2D eigenvalue weighted by Crippen LogP contribution is 2.40. The van der Waals surface area contributed by atoms with Crippen LogP contribution < -0.4 is 9.47 Å². The van der Waals surface area contributed by atoms with Crippen LogP contribution in [0.1, 0.15) is 74.2 Å². The van der Waals surface area contributed by atoms with Gasteiger partial charge in [-0.25, -0.2) is 0 Å². The van der Waals surface area contributed by atoms with E-state index < -0.39 is 0 Å². The van der Waals surface area contributed by atoms with Crippen molar-refractivity contribution in [3.63, 3.8) is 0 Å². The van der Waals surface area contributed by atoms with E-state index in [-0.39, 0.29) is 11.8 Å². The Balaban J connectivity index is 1.30. The van der Waals surface area contributed by atoms with Crippen molar-refractivity contribution >= 4 is 33.2 Å². The van der Waals surface area contributed by atoms with Crippen LogP contribution >= 0.6 is 11.3 Å². The highest BCUT2D eigenvalue weighted by Gasteiger charge is 2.22. The predicted octanol–water partition coefficient (Wildman–Crippen LogP) is 8.54. The maximum absolute atomic E-state index is 13.9. The molecule has 6 heteroatoms. The Morgan fingerprint density at radius 2 is 1.51 bits per heavy atom. The van der Waals surface area contributed by atoms with E-state index in [1.807, 2.05) is 67.6 Å². The monoisotopic (exact) mass is 569 g/mol. The standard InChI is InChI=1S/C35H39NO4S/c1-2-3-13-32(37)40-29-20-16-27(17-21-29)35-33(30-11-7-8-12-31(30)41-35)34(38)26-14-18-28(19-15-26)39-25-24-36-22-9-5-4-6-10-23-36/h7-8,11-12,14-21H,2-6,9-10,13,22-25H2,1H3. The van der Waals surface area contributed by atoms with Crippen LogP contribution in [0.25, 0.3) is 20.5 Å². The van der Waals surface area contributed by atoms with Crippen LogP contribution in [-0.2, 0) is 4.79 Å². The lowest BCUT2D eigenvalue weighted by atomic mass is 9.97. The van der Waals surface area contributed by atoms with Gasteiger partial charge in [-0.2, -0.15) is 0 Å². The number of thiophene rings is 1. The third-order valence-electron chi connectivity index (χ3n) is 7.65. The molecule has 1 fully saturated rings. The van der Waals surface area contributed by atoms with Crippen LogP contribution in [0, 0.1) is 0 Å². The molecule has 2 heterocycles. The molecule has 3 aromatic carbocycles. The van der Waals surface area contributed by atoms with Crippen molar-refractivity contribution in [2.45, 2.75) is 58.3 Å². The van der Waals surface area contributed by atoms with Crippen molar-refractivity contribution in [1.29, 1.82) is 0 Å². The van der Waals surface area contributed by atoms with Gasteiger partial charge in [0.2, 0.25) is 0 Å². The van der Waals surface area contributed by atoms with E-state index in [1.54, 1.807) is 23.5 Å². The number of fused-ring (bicyclic) bond motifs is 1. The van der Waals surface area contributed by atoms with Gasteiger partial charge in [-0.3, -0.25) is 14.5 Å². The van der Waals surface area contributed by atoms with Gasteiger partial charge in [-0.1, -0.05) is 50.8 Å². The number of unbranched alkanes of at least 4 members (excludes halogenated alkanes) is 1. The van der Waals surface area contributed by atoms with E-state index in [0.717, 1.165) is 58.8 Å². The fraction of sp³-hybridized carbons (Fsp3) is 0.371. The molecule has 0 amide bonds. The number of ketones is 1. The maximum atomic E-state index is 13.9. The highest BCUT2D eigenvalue weighted by atomic mass is 32.1. The summed E-state index contributed by atoms with van der Waals surface area (Å²) in [6, 6.07) is 23.0. The van der Waals surface area contributed by atoms with E-state index in [4.69, 9.17) is 9.47 Å². The van der Waals surface area contributed by atoms with Crippen LogP contribution in [0.2, 0.25) is 0 Å². The summed E-state index contributed by atoms with van der Waals surface area (Å²) in [7, 11) is 0. The van der Waals surface area contributed by atoms with Crippen LogP contribution in [0.3, 0.4) is 0 Å². The van der Waals surface area contributed by atoms with Gasteiger partial charge in [0.05, 0.1) is 0 Å². The van der Waals surface area contributed by atoms with Crippen molar-refractivity contribution in [1.82, 2.24) is 4.90 Å². The number of esters is 1. The number of benzene rings is 3. The van der Waals surface area contributed by atoms with E-state index in [0.29, 0.717) is 29.9 Å². The SMILES string of the molecule is CCCCC(=O)Oc1ccc(-c2sc3ccccc3c2C(=O)c2ccc(OCCN3CCCCCCC3)cc2)cc1. The summed E-state index contributed by atoms with van der Waals surface area (Å²) in [4.78, 5) is 29.4. The zero-order chi connectivity index (χ0) is 28.4. The quantitative estimate of drug-likeness (QED) is 0.103. The zero-order valence-corrected chi connectivity index (χ0v) is 24.7. The van der Waals surface area contributed by atoms with Gasteiger partial charge in [-0.05, 0) is 92.5 Å². The lowest BCUT2D eigenvalue weighted by Gasteiger charge is -2.24. The van der Waals surface area contributed by atoms with Crippen LogP contribution in [0.5, 0.6) is 11.5 Å². The molecule has 1 aliphatic heterocycles. The number of rotatable bonds is 11. The molecule has 0 N–H and O–H groups in total. The average molecular weight is 570 g/mol. The molecule has 1 saturated heterocycles. The molecular formula is C35H39NO4S. The van der Waals surface area contributed by atoms with Gasteiger partial charge in [0.25, 0.3) is 0 Å². The van der Waals surface area contributed by atoms with Gasteiger partial charge in [0.1, 0.15) is 18.1 Å². The molecule has 4 aromatic rings. The van der Waals surface area contributed by atoms with Crippen LogP contribution in [-0.4, -0.2) is 42.9 Å². The normalized spacial score (nSPS) is 14.4. The van der Waals surface area contributed by atoms with E-state index in [1.165, 1.54) is 32.1 Å². The molecular weight excluding hydrogens is 530 g/mol. The molecule has 0 radical (unpaired) electrons. The number of hydrogen-bond acceptors (Lipinski definition) is 6. The molecule has 41 heavy (non-hydrogen) atoms. The minimum atomic E-state index is -0.220. The number of carbonyl (C=O) groups is 2. The van der Waals surface area contributed by atoms with Crippen molar-refractivity contribution in [2.75, 3.05) is 26.2 Å². The minimum absolute atomic E-state index is 0.0142. The molecule has 0 atom stereocenters. The van der Waals surface area contributed by atoms with Crippen LogP contribution in [0.15, 0.2) is 72.8 Å². The van der Waals surface area contributed by atoms with Gasteiger partial charge < -0.3 is 9.47 Å². The highest BCUT2D eigenvalue weighted by molar-refractivity contribution is 7.22. The van der Waals surface area contributed by atoms with Crippen molar-refractivity contribution in [3.8, 4) is 21.9 Å². The predicted molar refractivity (Wildman–Crippen MR) is 167 cm³/mol. The molecule has 0 bridgehead atoms. The van der Waals surface area contributed by atoms with Crippen LogP contribution in [0.4, 0.5) is 0 Å². The Hall–Kier alpha value is -3.48. The van der Waals surface area contributed by atoms with Gasteiger partial charge in [0.15, 0.2) is 5.78 Å². The second kappa shape index (κ2) is 14.4. The number of hydrogen-bond donors (Lipinski definition) is 0. The number of nitrogens with zero attached hydrogens (tertiary/aromatic N) is 1. The van der Waals surface area contributed by atoms with Crippen molar-refractivity contribution < 1.29 is 19.1 Å². The smallest absolute Gasteiger partial charge is 0.311 e. The molecule has 0 saturated carbocycles. The van der Waals surface area contributed by atoms with Gasteiger partial charge >= 0.3 is 5.97 Å². The van der Waals surface area contributed by atoms with Gasteiger partial charge in [-0.15, -0.1) is 11.3 Å². The first-order valence-corrected chi connectivity index (χ1v) is 15.8. The van der Waals surface area contributed by atoms with Gasteiger partial charge in [0, 0.05) is 39.1 Å². The number of ether oxygens (including phenoxy) is 2. The lowest BCUT2D eigenvalue weighted by molar-refractivity contribution is -0.134. The lowest BCUT2D eigenvalue weighted by Crippen LogP contribution is -2.31. The van der Waals surface area contributed by atoms with Crippen molar-refractivity contribution in [2.24, 2.45) is 0 Å².